The van der Waals surface area contributed by atoms with Crippen molar-refractivity contribution in [3.05, 3.63) is 0 Å². The lowest BCUT2D eigenvalue weighted by Gasteiger charge is -2.26. The van der Waals surface area contributed by atoms with Gasteiger partial charge in [0.2, 0.25) is 5.91 Å². The SMILES string of the molecule is CCC[C@H](NC(=O)C(O)C(C)(C)C)C(=O)O. The molecule has 0 heterocycles. The van der Waals surface area contributed by atoms with Gasteiger partial charge in [0.15, 0.2) is 0 Å². The zero-order valence-electron chi connectivity index (χ0n) is 10.3. The van der Waals surface area contributed by atoms with Crippen LogP contribution in [0.15, 0.2) is 0 Å². The van der Waals surface area contributed by atoms with Crippen molar-refractivity contribution in [1.82, 2.24) is 5.32 Å². The Kier molecular flexibility index (Phi) is 5.44. The number of amides is 1. The Labute approximate surface area is 95.9 Å². The minimum atomic E-state index is -1.20. The summed E-state index contributed by atoms with van der Waals surface area (Å²) in [6.07, 6.45) is -0.188. The lowest BCUT2D eigenvalue weighted by molar-refractivity contribution is -0.145. The van der Waals surface area contributed by atoms with Crippen molar-refractivity contribution in [2.45, 2.75) is 52.7 Å². The predicted molar refractivity (Wildman–Crippen MR) is 59.9 cm³/mol. The molecule has 0 aliphatic heterocycles. The topological polar surface area (TPSA) is 86.6 Å². The molecule has 5 heteroatoms. The maximum absolute atomic E-state index is 11.6. The molecule has 0 saturated heterocycles. The molecule has 0 aromatic heterocycles. The second-order valence-electron chi connectivity index (χ2n) is 4.96. The summed E-state index contributed by atoms with van der Waals surface area (Å²) in [5, 5.41) is 20.8. The van der Waals surface area contributed by atoms with Gasteiger partial charge in [0.25, 0.3) is 0 Å². The molecule has 0 fully saturated rings. The number of rotatable bonds is 5. The minimum Gasteiger partial charge on any atom is -0.480 e. The van der Waals surface area contributed by atoms with E-state index in [1.54, 1.807) is 20.8 Å². The number of hydrogen-bond acceptors (Lipinski definition) is 3. The molecule has 0 bridgehead atoms. The number of carboxylic acid groups (broad SMARTS) is 1. The van der Waals surface area contributed by atoms with Crippen LogP contribution >= 0.6 is 0 Å². The fraction of sp³-hybridized carbons (Fsp3) is 0.818. The monoisotopic (exact) mass is 231 g/mol. The zero-order valence-corrected chi connectivity index (χ0v) is 10.3. The van der Waals surface area contributed by atoms with Crippen molar-refractivity contribution in [2.75, 3.05) is 0 Å². The lowest BCUT2D eigenvalue weighted by atomic mass is 9.88. The van der Waals surface area contributed by atoms with Crippen LogP contribution in [0.1, 0.15) is 40.5 Å². The van der Waals surface area contributed by atoms with Crippen LogP contribution in [0.3, 0.4) is 0 Å². The first-order valence-electron chi connectivity index (χ1n) is 5.41. The molecule has 0 aromatic rings. The second-order valence-corrected chi connectivity index (χ2v) is 4.96. The van der Waals surface area contributed by atoms with Gasteiger partial charge in [-0.1, -0.05) is 34.1 Å². The van der Waals surface area contributed by atoms with Crippen molar-refractivity contribution >= 4 is 11.9 Å². The molecule has 0 spiro atoms. The van der Waals surface area contributed by atoms with Crippen LogP contribution in [0.5, 0.6) is 0 Å². The molecule has 0 aliphatic rings. The molecular formula is C11H21NO4. The summed E-state index contributed by atoms with van der Waals surface area (Å²) in [5.41, 5.74) is -0.598. The van der Waals surface area contributed by atoms with Crippen molar-refractivity contribution in [3.63, 3.8) is 0 Å². The van der Waals surface area contributed by atoms with E-state index >= 15 is 0 Å². The fourth-order valence-corrected chi connectivity index (χ4v) is 1.19. The van der Waals surface area contributed by atoms with Gasteiger partial charge in [-0.15, -0.1) is 0 Å². The largest absolute Gasteiger partial charge is 0.480 e. The van der Waals surface area contributed by atoms with Crippen LogP contribution in [0, 0.1) is 5.41 Å². The van der Waals surface area contributed by atoms with Crippen LogP contribution in [-0.2, 0) is 9.59 Å². The number of aliphatic hydroxyl groups is 1. The highest BCUT2D eigenvalue weighted by atomic mass is 16.4. The number of carbonyl (C=O) groups is 2. The third kappa shape index (κ3) is 4.61. The van der Waals surface area contributed by atoms with Crippen molar-refractivity contribution < 1.29 is 19.8 Å². The highest BCUT2D eigenvalue weighted by Gasteiger charge is 2.31. The number of aliphatic carboxylic acids is 1. The molecule has 1 amide bonds. The van der Waals surface area contributed by atoms with Gasteiger partial charge in [-0.3, -0.25) is 4.79 Å². The molecule has 5 nitrogen and oxygen atoms in total. The van der Waals surface area contributed by atoms with Gasteiger partial charge in [-0.25, -0.2) is 4.79 Å². The Morgan fingerprint density at radius 1 is 1.31 bits per heavy atom. The number of hydrogen-bond donors (Lipinski definition) is 3. The van der Waals surface area contributed by atoms with Gasteiger partial charge in [0.1, 0.15) is 12.1 Å². The van der Waals surface area contributed by atoms with E-state index in [9.17, 15) is 14.7 Å². The average Bonchev–Trinajstić information content (AvgIpc) is 2.14. The Balaban J connectivity index is 4.46. The first-order chi connectivity index (χ1) is 7.20. The van der Waals surface area contributed by atoms with E-state index in [1.807, 2.05) is 6.92 Å². The summed E-state index contributed by atoms with van der Waals surface area (Å²) in [6.45, 7) is 6.98. The normalized spacial score (nSPS) is 15.3. The first kappa shape index (κ1) is 14.9. The number of aliphatic hydroxyl groups excluding tert-OH is 1. The Bertz CT molecular complexity index is 257. The van der Waals surface area contributed by atoms with Crippen molar-refractivity contribution in [3.8, 4) is 0 Å². The van der Waals surface area contributed by atoms with E-state index < -0.39 is 29.4 Å². The van der Waals surface area contributed by atoms with Gasteiger partial charge in [0.05, 0.1) is 0 Å². The van der Waals surface area contributed by atoms with Gasteiger partial charge in [-0.2, -0.15) is 0 Å². The standard InChI is InChI=1S/C11H21NO4/c1-5-6-7(10(15)16)12-9(14)8(13)11(2,3)4/h7-8,13H,5-6H2,1-4H3,(H,12,14)(H,15,16)/t7-,8?/m0/s1. The Morgan fingerprint density at radius 2 is 1.81 bits per heavy atom. The molecule has 0 radical (unpaired) electrons. The van der Waals surface area contributed by atoms with Gasteiger partial charge >= 0.3 is 5.97 Å². The molecule has 0 aliphatic carbocycles. The summed E-state index contributed by atoms with van der Waals surface area (Å²) >= 11 is 0. The van der Waals surface area contributed by atoms with Crippen LogP contribution < -0.4 is 5.32 Å². The highest BCUT2D eigenvalue weighted by molar-refractivity contribution is 5.86. The zero-order chi connectivity index (χ0) is 12.9. The number of carboxylic acids is 1. The maximum atomic E-state index is 11.6. The van der Waals surface area contributed by atoms with E-state index in [1.165, 1.54) is 0 Å². The molecule has 0 saturated carbocycles. The fourth-order valence-electron chi connectivity index (χ4n) is 1.19. The van der Waals surface area contributed by atoms with Crippen LogP contribution in [0.4, 0.5) is 0 Å². The molecule has 0 rings (SSSR count). The van der Waals surface area contributed by atoms with E-state index in [2.05, 4.69) is 5.32 Å². The molecule has 0 aromatic carbocycles. The average molecular weight is 231 g/mol. The van der Waals surface area contributed by atoms with Crippen molar-refractivity contribution in [1.29, 1.82) is 0 Å². The minimum absolute atomic E-state index is 0.359. The van der Waals surface area contributed by atoms with Crippen LogP contribution in [0.2, 0.25) is 0 Å². The number of carbonyl (C=O) groups excluding carboxylic acids is 1. The van der Waals surface area contributed by atoms with Crippen LogP contribution in [-0.4, -0.2) is 34.2 Å². The summed E-state index contributed by atoms with van der Waals surface area (Å²) < 4.78 is 0. The quantitative estimate of drug-likeness (QED) is 0.652. The molecule has 1 unspecified atom stereocenters. The van der Waals surface area contributed by atoms with Crippen LogP contribution in [0.25, 0.3) is 0 Å². The third-order valence-corrected chi connectivity index (χ3v) is 2.26. The van der Waals surface area contributed by atoms with Gasteiger partial charge in [0, 0.05) is 0 Å². The van der Waals surface area contributed by atoms with E-state index in [0.717, 1.165) is 0 Å². The molecular weight excluding hydrogens is 210 g/mol. The Morgan fingerprint density at radius 3 is 2.12 bits per heavy atom. The predicted octanol–water partition coefficient (Wildman–Crippen LogP) is 0.763. The summed E-state index contributed by atoms with van der Waals surface area (Å²) in [5.74, 6) is -1.70. The van der Waals surface area contributed by atoms with Crippen molar-refractivity contribution in [2.24, 2.45) is 5.41 Å². The summed E-state index contributed by atoms with van der Waals surface area (Å²) in [6, 6.07) is -0.922. The third-order valence-electron chi connectivity index (χ3n) is 2.26. The highest BCUT2D eigenvalue weighted by Crippen LogP contribution is 2.19. The lowest BCUT2D eigenvalue weighted by Crippen LogP contribution is -2.49. The number of nitrogens with one attached hydrogen (secondary N) is 1. The van der Waals surface area contributed by atoms with E-state index in [4.69, 9.17) is 5.11 Å². The molecule has 2 atom stereocenters. The Hall–Kier alpha value is -1.10. The van der Waals surface area contributed by atoms with Gasteiger partial charge < -0.3 is 15.5 Å². The van der Waals surface area contributed by atoms with E-state index in [0.29, 0.717) is 12.8 Å². The summed E-state index contributed by atoms with van der Waals surface area (Å²) in [7, 11) is 0. The summed E-state index contributed by atoms with van der Waals surface area (Å²) in [4.78, 5) is 22.4. The van der Waals surface area contributed by atoms with E-state index in [-0.39, 0.29) is 0 Å². The maximum Gasteiger partial charge on any atom is 0.326 e. The molecule has 94 valence electrons. The second kappa shape index (κ2) is 5.84. The van der Waals surface area contributed by atoms with Gasteiger partial charge in [-0.05, 0) is 11.8 Å². The molecule has 16 heavy (non-hydrogen) atoms. The molecule has 3 N–H and O–H groups in total. The first-order valence-corrected chi connectivity index (χ1v) is 5.41. The smallest absolute Gasteiger partial charge is 0.326 e.